The summed E-state index contributed by atoms with van der Waals surface area (Å²) < 4.78 is 3.01. The van der Waals surface area contributed by atoms with Crippen molar-refractivity contribution in [2.45, 2.75) is 13.5 Å². The average molecular weight is 261 g/mol. The summed E-state index contributed by atoms with van der Waals surface area (Å²) in [5, 5.41) is 4.34. The van der Waals surface area contributed by atoms with Crippen LogP contribution in [0.25, 0.3) is 0 Å². The fraction of sp³-hybridized carbons (Fsp3) is 0.667. The number of hydrogen-bond acceptors (Lipinski definition) is 3. The average Bonchev–Trinajstić information content (AvgIpc) is 2.33. The van der Waals surface area contributed by atoms with Crippen molar-refractivity contribution in [1.29, 1.82) is 0 Å². The highest BCUT2D eigenvalue weighted by atomic mass is 79.9. The van der Waals surface area contributed by atoms with E-state index in [1.807, 2.05) is 18.7 Å². The number of aryl methyl sites for hydroxylation is 2. The Bertz CT molecular complexity index is 308. The van der Waals surface area contributed by atoms with E-state index in [-0.39, 0.29) is 0 Å². The molecule has 1 aromatic heterocycles. The molecule has 80 valence electrons. The van der Waals surface area contributed by atoms with Crippen molar-refractivity contribution in [3.05, 3.63) is 15.9 Å². The van der Waals surface area contributed by atoms with Crippen molar-refractivity contribution in [3.8, 4) is 0 Å². The van der Waals surface area contributed by atoms with E-state index in [4.69, 9.17) is 5.73 Å². The second-order valence-electron chi connectivity index (χ2n) is 3.50. The van der Waals surface area contributed by atoms with Crippen LogP contribution in [0.15, 0.2) is 4.47 Å². The lowest BCUT2D eigenvalue weighted by atomic mass is 10.3. The molecule has 0 aliphatic heterocycles. The Morgan fingerprint density at radius 1 is 1.57 bits per heavy atom. The molecule has 0 aliphatic carbocycles. The van der Waals surface area contributed by atoms with E-state index in [1.54, 1.807) is 0 Å². The molecule has 1 aromatic rings. The molecule has 0 bridgehead atoms. The molecule has 0 aliphatic rings. The topological polar surface area (TPSA) is 47.1 Å². The number of likely N-dealkylation sites (N-methyl/N-ethyl adjacent to an activating group) is 1. The summed E-state index contributed by atoms with van der Waals surface area (Å²) in [5.41, 5.74) is 7.71. The Kier molecular flexibility index (Phi) is 4.10. The fourth-order valence-corrected chi connectivity index (χ4v) is 1.87. The van der Waals surface area contributed by atoms with Gasteiger partial charge in [-0.25, -0.2) is 0 Å². The summed E-state index contributed by atoms with van der Waals surface area (Å²) in [6.07, 6.45) is 0. The maximum absolute atomic E-state index is 5.49. The monoisotopic (exact) mass is 260 g/mol. The number of halogens is 1. The zero-order valence-electron chi connectivity index (χ0n) is 8.92. The molecule has 0 unspecified atom stereocenters. The van der Waals surface area contributed by atoms with E-state index < -0.39 is 0 Å². The van der Waals surface area contributed by atoms with Gasteiger partial charge in [-0.15, -0.1) is 0 Å². The van der Waals surface area contributed by atoms with Crippen LogP contribution >= 0.6 is 15.9 Å². The van der Waals surface area contributed by atoms with Gasteiger partial charge in [0.15, 0.2) is 0 Å². The van der Waals surface area contributed by atoms with E-state index >= 15 is 0 Å². The van der Waals surface area contributed by atoms with Crippen LogP contribution in [0.1, 0.15) is 11.4 Å². The van der Waals surface area contributed by atoms with Crippen molar-refractivity contribution >= 4 is 15.9 Å². The van der Waals surface area contributed by atoms with E-state index in [2.05, 4.69) is 33.0 Å². The largest absolute Gasteiger partial charge is 0.329 e. The van der Waals surface area contributed by atoms with E-state index in [0.29, 0.717) is 6.54 Å². The van der Waals surface area contributed by atoms with Gasteiger partial charge in [-0.1, -0.05) is 0 Å². The van der Waals surface area contributed by atoms with Gasteiger partial charge in [0, 0.05) is 26.7 Å². The molecule has 1 rings (SSSR count). The van der Waals surface area contributed by atoms with E-state index in [1.165, 1.54) is 5.69 Å². The van der Waals surface area contributed by atoms with Gasteiger partial charge in [0.1, 0.15) is 0 Å². The third-order valence-corrected chi connectivity index (χ3v) is 3.22. The molecule has 0 spiro atoms. The molecule has 5 heteroatoms. The maximum atomic E-state index is 5.49. The zero-order chi connectivity index (χ0) is 10.7. The van der Waals surface area contributed by atoms with E-state index in [0.717, 1.165) is 23.3 Å². The van der Waals surface area contributed by atoms with Crippen LogP contribution in [-0.2, 0) is 13.6 Å². The van der Waals surface area contributed by atoms with Crippen LogP contribution in [0, 0.1) is 6.92 Å². The van der Waals surface area contributed by atoms with Gasteiger partial charge in [0.25, 0.3) is 0 Å². The van der Waals surface area contributed by atoms with Crippen molar-refractivity contribution in [2.24, 2.45) is 12.8 Å². The van der Waals surface area contributed by atoms with Crippen LogP contribution in [0.3, 0.4) is 0 Å². The number of nitrogens with two attached hydrogens (primary N) is 1. The Labute approximate surface area is 93.2 Å². The summed E-state index contributed by atoms with van der Waals surface area (Å²) in [6.45, 7) is 4.45. The van der Waals surface area contributed by atoms with Crippen molar-refractivity contribution in [1.82, 2.24) is 14.7 Å². The molecule has 0 saturated heterocycles. The van der Waals surface area contributed by atoms with Gasteiger partial charge in [-0.2, -0.15) is 5.10 Å². The molecular formula is C9H17BrN4. The van der Waals surface area contributed by atoms with Crippen molar-refractivity contribution in [3.63, 3.8) is 0 Å². The lowest BCUT2D eigenvalue weighted by Gasteiger charge is -2.15. The number of nitrogens with zero attached hydrogens (tertiary/aromatic N) is 3. The van der Waals surface area contributed by atoms with Gasteiger partial charge in [0.05, 0.1) is 15.9 Å². The molecule has 0 radical (unpaired) electrons. The first-order chi connectivity index (χ1) is 6.56. The van der Waals surface area contributed by atoms with Crippen LogP contribution in [0.2, 0.25) is 0 Å². The predicted octanol–water partition coefficient (Wildman–Crippen LogP) is 0.882. The molecule has 14 heavy (non-hydrogen) atoms. The summed E-state index contributed by atoms with van der Waals surface area (Å²) >= 11 is 3.54. The molecule has 4 nitrogen and oxygen atoms in total. The lowest BCUT2D eigenvalue weighted by Crippen LogP contribution is -2.26. The smallest absolute Gasteiger partial charge is 0.0739 e. The molecular weight excluding hydrogens is 244 g/mol. The van der Waals surface area contributed by atoms with E-state index in [9.17, 15) is 0 Å². The zero-order valence-corrected chi connectivity index (χ0v) is 10.5. The highest BCUT2D eigenvalue weighted by molar-refractivity contribution is 9.10. The summed E-state index contributed by atoms with van der Waals surface area (Å²) in [7, 11) is 4.02. The molecule has 0 amide bonds. The molecule has 2 N–H and O–H groups in total. The normalized spacial score (nSPS) is 11.3. The molecule has 0 fully saturated rings. The highest BCUT2D eigenvalue weighted by Gasteiger charge is 2.11. The SMILES string of the molecule is Cc1nn(C)c(CN(C)CCN)c1Br. The first-order valence-corrected chi connectivity index (χ1v) is 5.42. The first-order valence-electron chi connectivity index (χ1n) is 4.62. The highest BCUT2D eigenvalue weighted by Crippen LogP contribution is 2.20. The Balaban J connectivity index is 2.75. The molecule has 0 saturated carbocycles. The summed E-state index contributed by atoms with van der Waals surface area (Å²) in [6, 6.07) is 0. The Hall–Kier alpha value is -0.390. The fourth-order valence-electron chi connectivity index (χ4n) is 1.41. The number of hydrogen-bond donors (Lipinski definition) is 1. The number of rotatable bonds is 4. The van der Waals surface area contributed by atoms with Gasteiger partial charge >= 0.3 is 0 Å². The van der Waals surface area contributed by atoms with Crippen LogP contribution in [0.4, 0.5) is 0 Å². The minimum Gasteiger partial charge on any atom is -0.329 e. The van der Waals surface area contributed by atoms with Gasteiger partial charge in [-0.3, -0.25) is 9.58 Å². The van der Waals surface area contributed by atoms with Crippen molar-refractivity contribution in [2.75, 3.05) is 20.1 Å². The lowest BCUT2D eigenvalue weighted by molar-refractivity contribution is 0.325. The third-order valence-electron chi connectivity index (χ3n) is 2.19. The quantitative estimate of drug-likeness (QED) is 0.875. The first kappa shape index (κ1) is 11.7. The second-order valence-corrected chi connectivity index (χ2v) is 4.29. The Morgan fingerprint density at radius 2 is 2.21 bits per heavy atom. The number of aromatic nitrogens is 2. The van der Waals surface area contributed by atoms with Gasteiger partial charge in [0.2, 0.25) is 0 Å². The van der Waals surface area contributed by atoms with Crippen LogP contribution < -0.4 is 5.73 Å². The molecule has 0 aromatic carbocycles. The molecule has 1 heterocycles. The van der Waals surface area contributed by atoms with Crippen molar-refractivity contribution < 1.29 is 0 Å². The van der Waals surface area contributed by atoms with Crippen LogP contribution in [-0.4, -0.2) is 34.8 Å². The minimum atomic E-state index is 0.685. The second kappa shape index (κ2) is 4.91. The Morgan fingerprint density at radius 3 is 2.64 bits per heavy atom. The van der Waals surface area contributed by atoms with Gasteiger partial charge in [-0.05, 0) is 29.9 Å². The van der Waals surface area contributed by atoms with Gasteiger partial charge < -0.3 is 5.73 Å². The molecule has 0 atom stereocenters. The summed E-state index contributed by atoms with van der Waals surface area (Å²) in [5.74, 6) is 0. The predicted molar refractivity (Wildman–Crippen MR) is 61.0 cm³/mol. The minimum absolute atomic E-state index is 0.685. The maximum Gasteiger partial charge on any atom is 0.0739 e. The third kappa shape index (κ3) is 2.56. The summed E-state index contributed by atoms with van der Waals surface area (Å²) in [4.78, 5) is 2.18. The standard InChI is InChI=1S/C9H17BrN4/c1-7-9(10)8(14(3)12-7)6-13(2)5-4-11/h4-6,11H2,1-3H3. The van der Waals surface area contributed by atoms with Crippen LogP contribution in [0.5, 0.6) is 0 Å².